The summed E-state index contributed by atoms with van der Waals surface area (Å²) >= 11 is 1.89. The van der Waals surface area contributed by atoms with Gasteiger partial charge in [-0.25, -0.2) is 0 Å². The van der Waals surface area contributed by atoms with Crippen molar-refractivity contribution in [3.63, 3.8) is 0 Å². The first-order chi connectivity index (χ1) is 21.8. The minimum Gasteiger partial charge on any atom is -0.310 e. The third kappa shape index (κ3) is 4.00. The number of hydrogen-bond donors (Lipinski definition) is 0. The summed E-state index contributed by atoms with van der Waals surface area (Å²) in [7, 11) is 0. The van der Waals surface area contributed by atoms with Gasteiger partial charge in [-0.15, -0.1) is 11.3 Å². The highest BCUT2D eigenvalue weighted by Crippen LogP contribution is 2.44. The summed E-state index contributed by atoms with van der Waals surface area (Å²) in [5.74, 6) is 0. The van der Waals surface area contributed by atoms with Crippen molar-refractivity contribution in [1.29, 1.82) is 0 Å². The van der Waals surface area contributed by atoms with E-state index in [1.807, 2.05) is 11.3 Å². The van der Waals surface area contributed by atoms with E-state index in [0.717, 1.165) is 11.4 Å². The Labute approximate surface area is 259 Å². The third-order valence-corrected chi connectivity index (χ3v) is 10.1. The van der Waals surface area contributed by atoms with E-state index in [2.05, 4.69) is 169 Å². The lowest BCUT2D eigenvalue weighted by molar-refractivity contribution is 1.30. The molecule has 9 rings (SSSR count). The van der Waals surface area contributed by atoms with E-state index >= 15 is 0 Å². The molecule has 1 heterocycles. The lowest BCUT2D eigenvalue weighted by Gasteiger charge is -2.27. The number of anilines is 3. The van der Waals surface area contributed by atoms with E-state index in [0.29, 0.717) is 0 Å². The Bertz CT molecular complexity index is 2490. The fourth-order valence-electron chi connectivity index (χ4n) is 6.73. The molecule has 0 fully saturated rings. The van der Waals surface area contributed by atoms with Crippen LogP contribution in [0, 0.1) is 0 Å². The zero-order valence-corrected chi connectivity index (χ0v) is 24.8. The first-order valence-electron chi connectivity index (χ1n) is 15.0. The fraction of sp³-hybridized carbons (Fsp3) is 0. The second-order valence-electron chi connectivity index (χ2n) is 11.4. The number of fused-ring (bicyclic) bond motifs is 7. The summed E-state index contributed by atoms with van der Waals surface area (Å²) in [6.07, 6.45) is 0. The lowest BCUT2D eigenvalue weighted by atomic mass is 9.98. The molecule has 0 atom stereocenters. The molecule has 1 nitrogen and oxygen atoms in total. The second kappa shape index (κ2) is 10.1. The molecule has 0 aliphatic rings. The van der Waals surface area contributed by atoms with Gasteiger partial charge in [-0.2, -0.15) is 0 Å². The molecule has 0 bridgehead atoms. The van der Waals surface area contributed by atoms with Crippen LogP contribution < -0.4 is 4.90 Å². The SMILES string of the molecule is c1ccc2c(-c3ccc(N(c4ccc5sc6c7ccccc7ccc6c5c4)c4cccc5ccccc45)cc3)cccc2c1. The number of benzene rings is 8. The van der Waals surface area contributed by atoms with Crippen molar-refractivity contribution in [3.8, 4) is 11.1 Å². The van der Waals surface area contributed by atoms with E-state index in [1.54, 1.807) is 0 Å². The van der Waals surface area contributed by atoms with Crippen LogP contribution in [-0.2, 0) is 0 Å². The molecule has 0 saturated heterocycles. The Morgan fingerprint density at radius 2 is 1.00 bits per heavy atom. The zero-order chi connectivity index (χ0) is 29.0. The Kier molecular flexibility index (Phi) is 5.75. The molecule has 0 N–H and O–H groups in total. The largest absolute Gasteiger partial charge is 0.310 e. The van der Waals surface area contributed by atoms with Crippen LogP contribution in [-0.4, -0.2) is 0 Å². The number of thiophene rings is 1. The van der Waals surface area contributed by atoms with Gasteiger partial charge < -0.3 is 4.90 Å². The molecule has 0 aliphatic heterocycles. The van der Waals surface area contributed by atoms with E-state index in [9.17, 15) is 0 Å². The van der Waals surface area contributed by atoms with Crippen molar-refractivity contribution in [2.45, 2.75) is 0 Å². The third-order valence-electron chi connectivity index (χ3n) is 8.84. The van der Waals surface area contributed by atoms with Gasteiger partial charge in [0.2, 0.25) is 0 Å². The summed E-state index contributed by atoms with van der Waals surface area (Å²) in [5.41, 5.74) is 5.93. The highest BCUT2D eigenvalue weighted by molar-refractivity contribution is 7.26. The van der Waals surface area contributed by atoms with Gasteiger partial charge in [-0.05, 0) is 74.5 Å². The fourth-order valence-corrected chi connectivity index (χ4v) is 7.95. The van der Waals surface area contributed by atoms with Crippen LogP contribution in [0.25, 0.3) is 63.6 Å². The van der Waals surface area contributed by atoms with Crippen molar-refractivity contribution in [3.05, 3.63) is 164 Å². The maximum atomic E-state index is 2.42. The molecule has 9 aromatic rings. The maximum Gasteiger partial charge on any atom is 0.0540 e. The summed E-state index contributed by atoms with van der Waals surface area (Å²) in [6, 6.07) is 59.7. The highest BCUT2D eigenvalue weighted by atomic mass is 32.1. The van der Waals surface area contributed by atoms with Gasteiger partial charge in [-0.3, -0.25) is 0 Å². The average Bonchev–Trinajstić information content (AvgIpc) is 3.47. The quantitative estimate of drug-likeness (QED) is 0.201. The number of hydrogen-bond acceptors (Lipinski definition) is 2. The lowest BCUT2D eigenvalue weighted by Crippen LogP contribution is -2.10. The molecular weight excluding hydrogens is 551 g/mol. The monoisotopic (exact) mass is 577 g/mol. The van der Waals surface area contributed by atoms with Crippen LogP contribution >= 0.6 is 11.3 Å². The first kappa shape index (κ1) is 25.1. The Morgan fingerprint density at radius 1 is 0.386 bits per heavy atom. The molecule has 1 aromatic heterocycles. The molecule has 0 aliphatic carbocycles. The van der Waals surface area contributed by atoms with Gasteiger partial charge in [-0.1, -0.05) is 127 Å². The molecule has 0 unspecified atom stereocenters. The Hall–Kier alpha value is -5.44. The Balaban J connectivity index is 1.25. The second-order valence-corrected chi connectivity index (χ2v) is 12.4. The molecule has 2 heteroatoms. The van der Waals surface area contributed by atoms with Crippen LogP contribution in [0.1, 0.15) is 0 Å². The van der Waals surface area contributed by atoms with Crippen LogP contribution in [0.2, 0.25) is 0 Å². The van der Waals surface area contributed by atoms with Crippen LogP contribution in [0.5, 0.6) is 0 Å². The van der Waals surface area contributed by atoms with Crippen LogP contribution in [0.3, 0.4) is 0 Å². The molecule has 8 aromatic carbocycles. The molecule has 0 amide bonds. The van der Waals surface area contributed by atoms with Crippen molar-refractivity contribution in [1.82, 2.24) is 0 Å². The Morgan fingerprint density at radius 3 is 1.80 bits per heavy atom. The van der Waals surface area contributed by atoms with Gasteiger partial charge in [0.05, 0.1) is 5.69 Å². The van der Waals surface area contributed by atoms with Gasteiger partial charge in [0, 0.05) is 36.9 Å². The van der Waals surface area contributed by atoms with E-state index in [4.69, 9.17) is 0 Å². The standard InChI is InChI=1S/C42H27NS/c1-4-14-34-28(9-1)12-7-17-35(34)31-19-22-32(23-20-31)43(40-18-8-13-29-10-2-5-15-36(29)40)33-24-26-41-39(27-33)38-25-21-30-11-3-6-16-37(30)42(38)44-41/h1-27H. The number of rotatable bonds is 4. The van der Waals surface area contributed by atoms with Gasteiger partial charge in [0.25, 0.3) is 0 Å². The van der Waals surface area contributed by atoms with Crippen molar-refractivity contribution in [2.24, 2.45) is 0 Å². The average molecular weight is 578 g/mol. The predicted octanol–water partition coefficient (Wildman–Crippen LogP) is 12.7. The van der Waals surface area contributed by atoms with Crippen molar-refractivity contribution in [2.75, 3.05) is 4.90 Å². The van der Waals surface area contributed by atoms with E-state index < -0.39 is 0 Å². The summed E-state index contributed by atoms with van der Waals surface area (Å²) < 4.78 is 2.66. The normalized spacial score (nSPS) is 11.6. The molecule has 44 heavy (non-hydrogen) atoms. The first-order valence-corrected chi connectivity index (χ1v) is 15.8. The molecular formula is C42H27NS. The summed E-state index contributed by atoms with van der Waals surface area (Å²) in [5, 5.41) is 10.2. The van der Waals surface area contributed by atoms with Crippen LogP contribution in [0.4, 0.5) is 17.1 Å². The predicted molar refractivity (Wildman–Crippen MR) is 192 cm³/mol. The molecule has 0 saturated carbocycles. The molecule has 206 valence electrons. The van der Waals surface area contributed by atoms with E-state index in [1.165, 1.54) is 69.3 Å². The number of nitrogens with zero attached hydrogens (tertiary/aromatic N) is 1. The summed E-state index contributed by atoms with van der Waals surface area (Å²) in [6.45, 7) is 0. The smallest absolute Gasteiger partial charge is 0.0540 e. The van der Waals surface area contributed by atoms with Gasteiger partial charge in [0.1, 0.15) is 0 Å². The minimum atomic E-state index is 1.13. The molecule has 0 spiro atoms. The summed E-state index contributed by atoms with van der Waals surface area (Å²) in [4.78, 5) is 2.42. The zero-order valence-electron chi connectivity index (χ0n) is 23.9. The van der Waals surface area contributed by atoms with Gasteiger partial charge >= 0.3 is 0 Å². The maximum absolute atomic E-state index is 2.42. The van der Waals surface area contributed by atoms with Crippen LogP contribution in [0.15, 0.2) is 164 Å². The van der Waals surface area contributed by atoms with Crippen molar-refractivity contribution >= 4 is 80.9 Å². The van der Waals surface area contributed by atoms with Crippen molar-refractivity contribution < 1.29 is 0 Å². The highest BCUT2D eigenvalue weighted by Gasteiger charge is 2.18. The topological polar surface area (TPSA) is 3.24 Å². The minimum absolute atomic E-state index is 1.13. The van der Waals surface area contributed by atoms with E-state index in [-0.39, 0.29) is 0 Å². The van der Waals surface area contributed by atoms with Gasteiger partial charge in [0.15, 0.2) is 0 Å². The molecule has 0 radical (unpaired) electrons.